The van der Waals surface area contributed by atoms with E-state index in [-0.39, 0.29) is 6.04 Å². The SMILES string of the molecule is CC1CCC(C(NN)c2nccn2C)C1. The van der Waals surface area contributed by atoms with Gasteiger partial charge in [-0.2, -0.15) is 0 Å². The molecule has 1 aromatic heterocycles. The van der Waals surface area contributed by atoms with E-state index in [1.54, 1.807) is 0 Å². The van der Waals surface area contributed by atoms with Gasteiger partial charge in [0, 0.05) is 19.4 Å². The molecule has 15 heavy (non-hydrogen) atoms. The van der Waals surface area contributed by atoms with Gasteiger partial charge in [0.2, 0.25) is 0 Å². The van der Waals surface area contributed by atoms with Crippen molar-refractivity contribution in [3.05, 3.63) is 18.2 Å². The summed E-state index contributed by atoms with van der Waals surface area (Å²) in [5, 5.41) is 0. The van der Waals surface area contributed by atoms with Gasteiger partial charge in [-0.3, -0.25) is 5.84 Å². The van der Waals surface area contributed by atoms with Crippen molar-refractivity contribution >= 4 is 0 Å². The molecule has 0 saturated heterocycles. The number of nitrogens with zero attached hydrogens (tertiary/aromatic N) is 2. The lowest BCUT2D eigenvalue weighted by Crippen LogP contribution is -2.34. The molecule has 0 amide bonds. The summed E-state index contributed by atoms with van der Waals surface area (Å²) in [6, 6.07) is 0.204. The molecule has 0 radical (unpaired) electrons. The molecular formula is C11H20N4. The van der Waals surface area contributed by atoms with Crippen molar-refractivity contribution in [2.45, 2.75) is 32.2 Å². The van der Waals surface area contributed by atoms with Crippen LogP contribution in [0.2, 0.25) is 0 Å². The highest BCUT2D eigenvalue weighted by Crippen LogP contribution is 2.37. The molecule has 3 N–H and O–H groups in total. The Morgan fingerprint density at radius 2 is 2.40 bits per heavy atom. The third-order valence-electron chi connectivity index (χ3n) is 3.52. The number of nitrogens with one attached hydrogen (secondary N) is 1. The fourth-order valence-corrected chi connectivity index (χ4v) is 2.65. The molecule has 0 aliphatic heterocycles. The molecule has 1 fully saturated rings. The fourth-order valence-electron chi connectivity index (χ4n) is 2.65. The Bertz CT molecular complexity index is 320. The number of imidazole rings is 1. The minimum Gasteiger partial charge on any atom is -0.337 e. The summed E-state index contributed by atoms with van der Waals surface area (Å²) in [5.41, 5.74) is 2.92. The Morgan fingerprint density at radius 3 is 2.87 bits per heavy atom. The molecule has 1 aromatic rings. The highest BCUT2D eigenvalue weighted by atomic mass is 15.3. The Hall–Kier alpha value is -0.870. The summed E-state index contributed by atoms with van der Waals surface area (Å²) in [6.45, 7) is 2.31. The minimum atomic E-state index is 0.204. The Kier molecular flexibility index (Phi) is 3.07. The maximum atomic E-state index is 5.65. The van der Waals surface area contributed by atoms with Crippen molar-refractivity contribution in [3.63, 3.8) is 0 Å². The Balaban J connectivity index is 2.14. The first-order valence-corrected chi connectivity index (χ1v) is 5.65. The van der Waals surface area contributed by atoms with Gasteiger partial charge in [0.05, 0.1) is 6.04 Å². The molecular weight excluding hydrogens is 188 g/mol. The second-order valence-electron chi connectivity index (χ2n) is 4.72. The van der Waals surface area contributed by atoms with Crippen LogP contribution in [0.1, 0.15) is 38.1 Å². The highest BCUT2D eigenvalue weighted by molar-refractivity contribution is 5.01. The van der Waals surface area contributed by atoms with E-state index < -0.39 is 0 Å². The zero-order chi connectivity index (χ0) is 10.8. The Labute approximate surface area is 90.8 Å². The molecule has 84 valence electrons. The number of hydrazine groups is 1. The lowest BCUT2D eigenvalue weighted by Gasteiger charge is -2.22. The molecule has 4 heteroatoms. The maximum absolute atomic E-state index is 5.65. The van der Waals surface area contributed by atoms with Crippen molar-refractivity contribution in [2.24, 2.45) is 24.7 Å². The van der Waals surface area contributed by atoms with Crippen LogP contribution in [0.3, 0.4) is 0 Å². The predicted molar refractivity (Wildman–Crippen MR) is 59.8 cm³/mol. The van der Waals surface area contributed by atoms with Gasteiger partial charge in [-0.05, 0) is 24.7 Å². The molecule has 2 rings (SSSR count). The lowest BCUT2D eigenvalue weighted by atomic mass is 9.97. The van der Waals surface area contributed by atoms with Gasteiger partial charge in [0.15, 0.2) is 0 Å². The summed E-state index contributed by atoms with van der Waals surface area (Å²) in [5.74, 6) is 8.16. The zero-order valence-electron chi connectivity index (χ0n) is 9.48. The topological polar surface area (TPSA) is 55.9 Å². The molecule has 0 aromatic carbocycles. The van der Waals surface area contributed by atoms with Gasteiger partial charge in [-0.15, -0.1) is 0 Å². The number of nitrogens with two attached hydrogens (primary N) is 1. The second-order valence-corrected chi connectivity index (χ2v) is 4.72. The van der Waals surface area contributed by atoms with E-state index in [4.69, 9.17) is 5.84 Å². The number of aryl methyl sites for hydroxylation is 1. The lowest BCUT2D eigenvalue weighted by molar-refractivity contribution is 0.344. The number of aromatic nitrogens is 2. The highest BCUT2D eigenvalue weighted by Gasteiger charge is 2.31. The van der Waals surface area contributed by atoms with Crippen LogP contribution in [-0.2, 0) is 7.05 Å². The summed E-state index contributed by atoms with van der Waals surface area (Å²) in [7, 11) is 2.02. The van der Waals surface area contributed by atoms with Crippen LogP contribution in [0.4, 0.5) is 0 Å². The van der Waals surface area contributed by atoms with Crippen LogP contribution >= 0.6 is 0 Å². The van der Waals surface area contributed by atoms with Gasteiger partial charge in [-0.1, -0.05) is 13.3 Å². The van der Waals surface area contributed by atoms with E-state index in [1.807, 2.05) is 24.0 Å². The largest absolute Gasteiger partial charge is 0.337 e. The number of hydrogen-bond acceptors (Lipinski definition) is 3. The quantitative estimate of drug-likeness (QED) is 0.582. The van der Waals surface area contributed by atoms with Gasteiger partial charge in [0.1, 0.15) is 5.82 Å². The van der Waals surface area contributed by atoms with Gasteiger partial charge >= 0.3 is 0 Å². The second kappa shape index (κ2) is 4.33. The first-order chi connectivity index (χ1) is 7.22. The van der Waals surface area contributed by atoms with E-state index in [9.17, 15) is 0 Å². The molecule has 4 nitrogen and oxygen atoms in total. The molecule has 1 heterocycles. The smallest absolute Gasteiger partial charge is 0.127 e. The van der Waals surface area contributed by atoms with E-state index in [2.05, 4.69) is 17.3 Å². The maximum Gasteiger partial charge on any atom is 0.127 e. The molecule has 3 unspecified atom stereocenters. The standard InChI is InChI=1S/C11H20N4/c1-8-3-4-9(7-8)10(14-12)11-13-5-6-15(11)2/h5-6,8-10,14H,3-4,7,12H2,1-2H3. The molecule has 1 aliphatic carbocycles. The van der Waals surface area contributed by atoms with Crippen molar-refractivity contribution in [1.82, 2.24) is 15.0 Å². The third-order valence-corrected chi connectivity index (χ3v) is 3.52. The van der Waals surface area contributed by atoms with Gasteiger partial charge in [0.25, 0.3) is 0 Å². The van der Waals surface area contributed by atoms with Crippen molar-refractivity contribution in [2.75, 3.05) is 0 Å². The summed E-state index contributed by atoms with van der Waals surface area (Å²) in [6.07, 6.45) is 7.62. The number of rotatable bonds is 3. The third kappa shape index (κ3) is 2.06. The number of hydrogen-bond donors (Lipinski definition) is 2. The molecule has 1 aliphatic rings. The van der Waals surface area contributed by atoms with Crippen molar-refractivity contribution < 1.29 is 0 Å². The van der Waals surface area contributed by atoms with Crippen LogP contribution in [0, 0.1) is 11.8 Å². The van der Waals surface area contributed by atoms with E-state index in [0.717, 1.165) is 11.7 Å². The van der Waals surface area contributed by atoms with E-state index in [1.165, 1.54) is 19.3 Å². The first kappa shape index (κ1) is 10.6. The monoisotopic (exact) mass is 208 g/mol. The zero-order valence-corrected chi connectivity index (χ0v) is 9.48. The average Bonchev–Trinajstić information content (AvgIpc) is 2.79. The molecule has 1 saturated carbocycles. The van der Waals surface area contributed by atoms with E-state index in [0.29, 0.717) is 5.92 Å². The Morgan fingerprint density at radius 1 is 1.60 bits per heavy atom. The van der Waals surface area contributed by atoms with Crippen LogP contribution in [0.25, 0.3) is 0 Å². The minimum absolute atomic E-state index is 0.204. The molecule has 3 atom stereocenters. The van der Waals surface area contributed by atoms with Crippen LogP contribution < -0.4 is 11.3 Å². The summed E-state index contributed by atoms with van der Waals surface area (Å²) < 4.78 is 2.05. The molecule has 0 spiro atoms. The normalized spacial score (nSPS) is 28.2. The molecule has 0 bridgehead atoms. The average molecular weight is 208 g/mol. The van der Waals surface area contributed by atoms with E-state index >= 15 is 0 Å². The summed E-state index contributed by atoms with van der Waals surface area (Å²) in [4.78, 5) is 4.38. The van der Waals surface area contributed by atoms with Gasteiger partial charge in [-0.25, -0.2) is 10.4 Å². The van der Waals surface area contributed by atoms with Crippen LogP contribution in [-0.4, -0.2) is 9.55 Å². The first-order valence-electron chi connectivity index (χ1n) is 5.65. The predicted octanol–water partition coefficient (Wildman–Crippen LogP) is 1.36. The van der Waals surface area contributed by atoms with Crippen LogP contribution in [0.5, 0.6) is 0 Å². The van der Waals surface area contributed by atoms with Crippen molar-refractivity contribution in [3.8, 4) is 0 Å². The summed E-state index contributed by atoms with van der Waals surface area (Å²) >= 11 is 0. The van der Waals surface area contributed by atoms with Crippen LogP contribution in [0.15, 0.2) is 12.4 Å². The fraction of sp³-hybridized carbons (Fsp3) is 0.727. The van der Waals surface area contributed by atoms with Crippen molar-refractivity contribution in [1.29, 1.82) is 0 Å². The van der Waals surface area contributed by atoms with Gasteiger partial charge < -0.3 is 4.57 Å².